The van der Waals surface area contributed by atoms with Crippen LogP contribution < -0.4 is 0 Å². The summed E-state index contributed by atoms with van der Waals surface area (Å²) in [5, 5.41) is 0. The highest BCUT2D eigenvalue weighted by molar-refractivity contribution is 8.33. The van der Waals surface area contributed by atoms with Crippen LogP contribution in [0.1, 0.15) is 57.4 Å². The van der Waals surface area contributed by atoms with Gasteiger partial charge in [0.05, 0.1) is 10.6 Å². The normalized spacial score (nSPS) is 18.2. The van der Waals surface area contributed by atoms with Gasteiger partial charge in [0, 0.05) is 30.8 Å². The molecule has 1 aliphatic heterocycles. The van der Waals surface area contributed by atoms with Crippen LogP contribution in [0.3, 0.4) is 0 Å². The van der Waals surface area contributed by atoms with Crippen molar-refractivity contribution in [3.05, 3.63) is 29.8 Å². The van der Waals surface area contributed by atoms with Gasteiger partial charge in [-0.2, -0.15) is 8.42 Å². The van der Waals surface area contributed by atoms with Gasteiger partial charge in [0.1, 0.15) is 11.6 Å². The first-order valence-electron chi connectivity index (χ1n) is 9.59. The highest BCUT2D eigenvalue weighted by Gasteiger charge is 2.37. The molecule has 0 saturated carbocycles. The Kier molecular flexibility index (Phi) is 8.06. The molecule has 0 bridgehead atoms. The molecule has 1 aromatic carbocycles. The Labute approximate surface area is 164 Å². The molecule has 0 N–H and O–H groups in total. The fraction of sp³-hybridized carbons (Fsp3) is 0.600. The van der Waals surface area contributed by atoms with Crippen LogP contribution in [-0.4, -0.2) is 37.2 Å². The van der Waals surface area contributed by atoms with E-state index in [0.29, 0.717) is 30.8 Å². The van der Waals surface area contributed by atoms with Crippen LogP contribution in [0.2, 0.25) is 0 Å². The lowest BCUT2D eigenvalue weighted by molar-refractivity contribution is -0.119. The summed E-state index contributed by atoms with van der Waals surface area (Å²) < 4.78 is 31.3. The number of unbranched alkanes of at least 4 members (excludes halogenated alkanes) is 3. The van der Waals surface area contributed by atoms with E-state index in [1.807, 2.05) is 6.92 Å². The number of Topliss-reactive ketones (excluding diaryl/α,β-unsaturated/α-hetero) is 2. The molecule has 1 aromatic rings. The third kappa shape index (κ3) is 6.73. The van der Waals surface area contributed by atoms with Crippen LogP contribution in [-0.2, 0) is 23.3 Å². The average molecular weight is 415 g/mol. The van der Waals surface area contributed by atoms with Crippen molar-refractivity contribution in [3.63, 3.8) is 0 Å². The van der Waals surface area contributed by atoms with Crippen molar-refractivity contribution < 1.29 is 21.6 Å². The summed E-state index contributed by atoms with van der Waals surface area (Å²) in [6, 6.07) is 6.50. The lowest BCUT2D eigenvalue weighted by Crippen LogP contribution is -2.30. The maximum Gasteiger partial charge on any atom is 0.306 e. The Hall–Kier alpha value is -1.18. The Morgan fingerprint density at radius 1 is 1.07 bits per heavy atom. The van der Waals surface area contributed by atoms with E-state index in [2.05, 4.69) is 6.92 Å². The van der Waals surface area contributed by atoms with E-state index in [-0.39, 0.29) is 22.2 Å². The Bertz CT molecular complexity index is 743. The van der Waals surface area contributed by atoms with Crippen LogP contribution >= 0.6 is 10.3 Å². The van der Waals surface area contributed by atoms with E-state index < -0.39 is 20.4 Å². The third-order valence-electron chi connectivity index (χ3n) is 4.78. The van der Waals surface area contributed by atoms with Gasteiger partial charge in [-0.3, -0.25) is 9.59 Å². The van der Waals surface area contributed by atoms with Crippen molar-refractivity contribution >= 4 is 32.0 Å². The number of ketones is 2. The molecule has 0 unspecified atom stereocenters. The molecule has 2 rings (SSSR count). The second-order valence-corrected chi connectivity index (χ2v) is 12.2. The van der Waals surface area contributed by atoms with Crippen LogP contribution in [0, 0.1) is 6.92 Å². The molecule has 152 valence electrons. The highest BCUT2D eigenvalue weighted by atomic mass is 32.3. The molecule has 7 heteroatoms. The number of carbonyl (C=O) groups excluding carboxylic acids is 2. The molecule has 0 atom stereocenters. The first-order valence-corrected chi connectivity index (χ1v) is 13.1. The fourth-order valence-electron chi connectivity index (χ4n) is 3.11. The minimum atomic E-state index is -3.95. The molecular weight excluding hydrogens is 384 g/mol. The summed E-state index contributed by atoms with van der Waals surface area (Å²) in [4.78, 5) is 24.3. The van der Waals surface area contributed by atoms with Gasteiger partial charge in [0.15, 0.2) is 0 Å². The number of aryl methyl sites for hydroxylation is 1. The SMILES string of the molecule is CCCCCCC(=O)CS1(OS(=O)(=O)c2ccc(C)cc2)CCC(=O)CC1. The summed E-state index contributed by atoms with van der Waals surface area (Å²) in [5.41, 5.74) is 0.960. The van der Waals surface area contributed by atoms with Gasteiger partial charge < -0.3 is 0 Å². The summed E-state index contributed by atoms with van der Waals surface area (Å²) in [7, 11) is -6.10. The van der Waals surface area contributed by atoms with Crippen LogP contribution in [0.25, 0.3) is 0 Å². The van der Waals surface area contributed by atoms with E-state index in [1.165, 1.54) is 12.1 Å². The Morgan fingerprint density at radius 2 is 1.70 bits per heavy atom. The summed E-state index contributed by atoms with van der Waals surface area (Å²) in [6.45, 7) is 4.00. The molecule has 1 saturated heterocycles. The largest absolute Gasteiger partial charge is 0.306 e. The summed E-state index contributed by atoms with van der Waals surface area (Å²) >= 11 is 0. The Morgan fingerprint density at radius 3 is 2.30 bits per heavy atom. The maximum absolute atomic E-state index is 12.8. The standard InChI is InChI=1S/C20H30O5S2/c1-3-4-5-6-7-19(22)16-26(14-12-18(21)13-15-26)25-27(23,24)20-10-8-17(2)9-11-20/h8-11H,3-7,12-16H2,1-2H3. The predicted octanol–water partition coefficient (Wildman–Crippen LogP) is 4.32. The molecule has 0 amide bonds. The van der Waals surface area contributed by atoms with Gasteiger partial charge in [-0.1, -0.05) is 43.9 Å². The number of hydrogen-bond donors (Lipinski definition) is 0. The number of carbonyl (C=O) groups is 2. The van der Waals surface area contributed by atoms with Crippen molar-refractivity contribution in [2.75, 3.05) is 17.3 Å². The number of rotatable bonds is 10. The fourth-order valence-corrected chi connectivity index (χ4v) is 8.58. The van der Waals surface area contributed by atoms with Crippen molar-refractivity contribution in [1.82, 2.24) is 0 Å². The molecule has 0 radical (unpaired) electrons. The molecule has 1 fully saturated rings. The van der Waals surface area contributed by atoms with Crippen molar-refractivity contribution in [2.24, 2.45) is 0 Å². The zero-order chi connectivity index (χ0) is 19.9. The first-order chi connectivity index (χ1) is 12.8. The van der Waals surface area contributed by atoms with E-state index >= 15 is 0 Å². The second-order valence-electron chi connectivity index (χ2n) is 7.24. The van der Waals surface area contributed by atoms with Crippen molar-refractivity contribution in [2.45, 2.75) is 63.7 Å². The molecule has 5 nitrogen and oxygen atoms in total. The first kappa shape index (κ1) is 22.1. The number of hydrogen-bond acceptors (Lipinski definition) is 5. The Balaban J connectivity index is 2.12. The lowest BCUT2D eigenvalue weighted by atomic mass is 10.1. The van der Waals surface area contributed by atoms with Gasteiger partial charge in [-0.05, 0) is 25.5 Å². The van der Waals surface area contributed by atoms with Gasteiger partial charge >= 0.3 is 10.1 Å². The summed E-state index contributed by atoms with van der Waals surface area (Å²) in [5.74, 6) is 1.02. The average Bonchev–Trinajstić information content (AvgIpc) is 2.61. The second kappa shape index (κ2) is 9.85. The lowest BCUT2D eigenvalue weighted by Gasteiger charge is -2.40. The van der Waals surface area contributed by atoms with Gasteiger partial charge in [-0.15, -0.1) is 10.3 Å². The molecule has 1 heterocycles. The van der Waals surface area contributed by atoms with Crippen LogP contribution in [0.5, 0.6) is 0 Å². The van der Waals surface area contributed by atoms with E-state index in [1.54, 1.807) is 12.1 Å². The highest BCUT2D eigenvalue weighted by Crippen LogP contribution is 2.54. The van der Waals surface area contributed by atoms with E-state index in [0.717, 1.165) is 31.2 Å². The zero-order valence-electron chi connectivity index (χ0n) is 16.2. The van der Waals surface area contributed by atoms with Crippen LogP contribution in [0.15, 0.2) is 29.2 Å². The van der Waals surface area contributed by atoms with Gasteiger partial charge in [-0.25, -0.2) is 3.63 Å². The van der Waals surface area contributed by atoms with Gasteiger partial charge in [0.25, 0.3) is 0 Å². The van der Waals surface area contributed by atoms with Crippen LogP contribution in [0.4, 0.5) is 0 Å². The van der Waals surface area contributed by atoms with E-state index in [9.17, 15) is 18.0 Å². The molecule has 0 aliphatic carbocycles. The van der Waals surface area contributed by atoms with Crippen molar-refractivity contribution in [3.8, 4) is 0 Å². The molecule has 0 spiro atoms. The van der Waals surface area contributed by atoms with Gasteiger partial charge in [0.2, 0.25) is 0 Å². The smallest absolute Gasteiger partial charge is 0.300 e. The predicted molar refractivity (Wildman–Crippen MR) is 110 cm³/mol. The molecule has 0 aromatic heterocycles. The number of benzene rings is 1. The monoisotopic (exact) mass is 414 g/mol. The molecule has 1 aliphatic rings. The topological polar surface area (TPSA) is 77.5 Å². The third-order valence-corrected chi connectivity index (χ3v) is 10.2. The minimum Gasteiger partial charge on any atom is -0.300 e. The summed E-state index contributed by atoms with van der Waals surface area (Å²) in [6.07, 6.45) is 5.07. The minimum absolute atomic E-state index is 0.0505. The van der Waals surface area contributed by atoms with E-state index in [4.69, 9.17) is 3.63 Å². The quantitative estimate of drug-likeness (QED) is 0.533. The zero-order valence-corrected chi connectivity index (χ0v) is 17.9. The maximum atomic E-state index is 12.8. The molecular formula is C20H30O5S2. The van der Waals surface area contributed by atoms with Crippen molar-refractivity contribution in [1.29, 1.82) is 0 Å². The molecule has 27 heavy (non-hydrogen) atoms.